The van der Waals surface area contributed by atoms with E-state index in [9.17, 15) is 4.79 Å². The van der Waals surface area contributed by atoms with Crippen molar-refractivity contribution in [1.82, 2.24) is 9.78 Å². The van der Waals surface area contributed by atoms with Crippen molar-refractivity contribution in [2.45, 2.75) is 26.4 Å². The number of nitrogens with zero attached hydrogens (tertiary/aromatic N) is 2. The van der Waals surface area contributed by atoms with E-state index in [4.69, 9.17) is 15.2 Å². The number of amides is 1. The third kappa shape index (κ3) is 3.81. The highest BCUT2D eigenvalue weighted by molar-refractivity contribution is 5.94. The average molecular weight is 318 g/mol. The highest BCUT2D eigenvalue weighted by Crippen LogP contribution is 2.28. The molecule has 23 heavy (non-hydrogen) atoms. The molecule has 1 atom stereocenters. The molecule has 0 aliphatic carbocycles. The first-order valence-electron chi connectivity index (χ1n) is 7.26. The Labute approximate surface area is 135 Å². The minimum absolute atomic E-state index is 0.248. The Balaban J connectivity index is 2.25. The third-order valence-electron chi connectivity index (χ3n) is 3.46. The Kier molecular flexibility index (Phi) is 5.23. The van der Waals surface area contributed by atoms with Gasteiger partial charge in [0.2, 0.25) is 5.91 Å². The molecular formula is C16H22N4O3. The molecule has 1 heterocycles. The fourth-order valence-electron chi connectivity index (χ4n) is 2.14. The van der Waals surface area contributed by atoms with Crippen LogP contribution in [0.4, 0.5) is 5.82 Å². The molecule has 3 N–H and O–H groups in total. The molecule has 2 aromatic rings. The third-order valence-corrected chi connectivity index (χ3v) is 3.46. The van der Waals surface area contributed by atoms with Crippen molar-refractivity contribution >= 4 is 11.7 Å². The van der Waals surface area contributed by atoms with Gasteiger partial charge in [-0.3, -0.25) is 4.79 Å². The van der Waals surface area contributed by atoms with Crippen LogP contribution in [0.25, 0.3) is 0 Å². The van der Waals surface area contributed by atoms with Crippen molar-refractivity contribution in [3.63, 3.8) is 0 Å². The van der Waals surface area contributed by atoms with Crippen molar-refractivity contribution in [3.8, 4) is 11.5 Å². The van der Waals surface area contributed by atoms with Gasteiger partial charge < -0.3 is 20.5 Å². The minimum atomic E-state index is -0.584. The fraction of sp³-hybridized carbons (Fsp3) is 0.375. The number of aromatic nitrogens is 2. The van der Waals surface area contributed by atoms with Crippen molar-refractivity contribution in [2.75, 3.05) is 19.5 Å². The Morgan fingerprint density at radius 3 is 2.65 bits per heavy atom. The molecule has 7 nitrogen and oxygen atoms in total. The van der Waals surface area contributed by atoms with Gasteiger partial charge in [0.05, 0.1) is 33.0 Å². The van der Waals surface area contributed by atoms with Crippen molar-refractivity contribution < 1.29 is 14.3 Å². The number of rotatable bonds is 6. The number of aryl methyl sites for hydroxylation is 1. The predicted molar refractivity (Wildman–Crippen MR) is 87.9 cm³/mol. The van der Waals surface area contributed by atoms with Crippen LogP contribution in [0.2, 0.25) is 0 Å². The highest BCUT2D eigenvalue weighted by Gasteiger charge is 2.14. The van der Waals surface area contributed by atoms with Gasteiger partial charge in [-0.25, -0.2) is 4.68 Å². The number of methoxy groups -OCH3 is 2. The molecule has 0 unspecified atom stereocenters. The first-order chi connectivity index (χ1) is 11.0. The summed E-state index contributed by atoms with van der Waals surface area (Å²) in [5, 5.41) is 7.12. The molecule has 0 bridgehead atoms. The summed E-state index contributed by atoms with van der Waals surface area (Å²) in [5.41, 5.74) is 7.45. The zero-order chi connectivity index (χ0) is 17.0. The molecule has 1 amide bonds. The lowest BCUT2D eigenvalue weighted by atomic mass is 10.2. The van der Waals surface area contributed by atoms with Gasteiger partial charge in [0, 0.05) is 5.56 Å². The lowest BCUT2D eigenvalue weighted by Crippen LogP contribution is -2.33. The van der Waals surface area contributed by atoms with E-state index in [-0.39, 0.29) is 5.91 Å². The molecule has 1 aromatic heterocycles. The number of ether oxygens (including phenoxy) is 2. The predicted octanol–water partition coefficient (Wildman–Crippen LogP) is 1.54. The van der Waals surface area contributed by atoms with Crippen LogP contribution >= 0.6 is 0 Å². The molecule has 2 rings (SSSR count). The van der Waals surface area contributed by atoms with Crippen LogP contribution in [-0.2, 0) is 11.3 Å². The number of hydrogen-bond donors (Lipinski definition) is 2. The van der Waals surface area contributed by atoms with Crippen molar-refractivity contribution in [2.24, 2.45) is 5.73 Å². The first-order valence-corrected chi connectivity index (χ1v) is 7.26. The first kappa shape index (κ1) is 16.8. The molecular weight excluding hydrogens is 296 g/mol. The molecule has 124 valence electrons. The van der Waals surface area contributed by atoms with E-state index in [1.165, 1.54) is 0 Å². The molecule has 0 aliphatic rings. The van der Waals surface area contributed by atoms with E-state index in [0.717, 1.165) is 11.1 Å². The summed E-state index contributed by atoms with van der Waals surface area (Å²) in [6.07, 6.45) is 1.71. The minimum Gasteiger partial charge on any atom is -0.493 e. The molecule has 0 aliphatic heterocycles. The van der Waals surface area contributed by atoms with Gasteiger partial charge in [0.25, 0.3) is 0 Å². The van der Waals surface area contributed by atoms with Crippen LogP contribution in [0.15, 0.2) is 24.4 Å². The number of nitrogens with one attached hydrogen (secondary N) is 1. The van der Waals surface area contributed by atoms with E-state index in [1.54, 1.807) is 32.0 Å². The lowest BCUT2D eigenvalue weighted by Gasteiger charge is -2.13. The summed E-state index contributed by atoms with van der Waals surface area (Å²) in [4.78, 5) is 11.8. The second-order valence-electron chi connectivity index (χ2n) is 5.30. The Morgan fingerprint density at radius 2 is 2.04 bits per heavy atom. The quantitative estimate of drug-likeness (QED) is 0.843. The SMILES string of the molecule is COc1ccc(Cn2ncc(C)c2NC(=O)[C@H](C)N)cc1OC. The zero-order valence-electron chi connectivity index (χ0n) is 13.8. The van der Waals surface area contributed by atoms with Gasteiger partial charge in [-0.15, -0.1) is 0 Å². The van der Waals surface area contributed by atoms with E-state index in [2.05, 4.69) is 10.4 Å². The van der Waals surface area contributed by atoms with Gasteiger partial charge in [-0.2, -0.15) is 5.10 Å². The number of nitrogens with two attached hydrogens (primary N) is 1. The maximum Gasteiger partial charge on any atom is 0.242 e. The second kappa shape index (κ2) is 7.15. The normalized spacial score (nSPS) is 11.9. The summed E-state index contributed by atoms with van der Waals surface area (Å²) < 4.78 is 12.3. The van der Waals surface area contributed by atoms with Crippen LogP contribution < -0.4 is 20.5 Å². The van der Waals surface area contributed by atoms with Crippen LogP contribution in [0.1, 0.15) is 18.1 Å². The summed E-state index contributed by atoms with van der Waals surface area (Å²) in [6, 6.07) is 5.06. The van der Waals surface area contributed by atoms with Gasteiger partial charge in [-0.05, 0) is 31.5 Å². The monoisotopic (exact) mass is 318 g/mol. The van der Waals surface area contributed by atoms with Crippen LogP contribution in [0, 0.1) is 6.92 Å². The molecule has 0 spiro atoms. The summed E-state index contributed by atoms with van der Waals surface area (Å²) in [7, 11) is 3.18. The summed E-state index contributed by atoms with van der Waals surface area (Å²) >= 11 is 0. The molecule has 0 saturated carbocycles. The van der Waals surface area contributed by atoms with E-state index < -0.39 is 6.04 Å². The number of anilines is 1. The lowest BCUT2D eigenvalue weighted by molar-refractivity contribution is -0.117. The average Bonchev–Trinajstić information content (AvgIpc) is 2.87. The topological polar surface area (TPSA) is 91.4 Å². The number of hydrogen-bond acceptors (Lipinski definition) is 5. The molecule has 7 heteroatoms. The van der Waals surface area contributed by atoms with Crippen LogP contribution in [-0.4, -0.2) is 35.9 Å². The molecule has 0 saturated heterocycles. The Hall–Kier alpha value is -2.54. The maximum absolute atomic E-state index is 11.8. The zero-order valence-corrected chi connectivity index (χ0v) is 13.8. The molecule has 1 aromatic carbocycles. The molecule has 0 fully saturated rings. The Bertz CT molecular complexity index is 695. The van der Waals surface area contributed by atoms with Crippen LogP contribution in [0.5, 0.6) is 11.5 Å². The Morgan fingerprint density at radius 1 is 1.35 bits per heavy atom. The number of carbonyl (C=O) groups is 1. The van der Waals surface area contributed by atoms with Crippen molar-refractivity contribution in [1.29, 1.82) is 0 Å². The van der Waals surface area contributed by atoms with Gasteiger partial charge in [0.15, 0.2) is 11.5 Å². The molecule has 0 radical (unpaired) electrons. The maximum atomic E-state index is 11.8. The highest BCUT2D eigenvalue weighted by atomic mass is 16.5. The van der Waals surface area contributed by atoms with Gasteiger partial charge in [0.1, 0.15) is 5.82 Å². The summed E-state index contributed by atoms with van der Waals surface area (Å²) in [5.74, 6) is 1.71. The van der Waals surface area contributed by atoms with E-state index in [0.29, 0.717) is 23.9 Å². The summed E-state index contributed by atoms with van der Waals surface area (Å²) in [6.45, 7) is 4.01. The van der Waals surface area contributed by atoms with E-state index >= 15 is 0 Å². The largest absolute Gasteiger partial charge is 0.493 e. The van der Waals surface area contributed by atoms with Gasteiger partial charge in [-0.1, -0.05) is 6.07 Å². The smallest absolute Gasteiger partial charge is 0.242 e. The second-order valence-corrected chi connectivity index (χ2v) is 5.30. The standard InChI is InChI=1S/C16H22N4O3/c1-10-8-18-20(15(10)19-16(21)11(2)17)9-12-5-6-13(22-3)14(7-12)23-4/h5-8,11H,9,17H2,1-4H3,(H,19,21)/t11-/m0/s1. The van der Waals surface area contributed by atoms with Crippen LogP contribution in [0.3, 0.4) is 0 Å². The number of carbonyl (C=O) groups excluding carboxylic acids is 1. The fourth-order valence-corrected chi connectivity index (χ4v) is 2.14. The van der Waals surface area contributed by atoms with Gasteiger partial charge >= 0.3 is 0 Å². The van der Waals surface area contributed by atoms with Crippen molar-refractivity contribution in [3.05, 3.63) is 35.5 Å². The van der Waals surface area contributed by atoms with E-state index in [1.807, 2.05) is 25.1 Å². The number of benzene rings is 1.